The van der Waals surface area contributed by atoms with Crippen LogP contribution in [0.4, 0.5) is 0 Å². The van der Waals surface area contributed by atoms with E-state index in [1.807, 2.05) is 0 Å². The fourth-order valence-electron chi connectivity index (χ4n) is 3.43. The zero-order valence-electron chi connectivity index (χ0n) is 13.9. The molecule has 1 saturated heterocycles. The Bertz CT molecular complexity index is 465. The summed E-state index contributed by atoms with van der Waals surface area (Å²) < 4.78 is 2.08. The summed E-state index contributed by atoms with van der Waals surface area (Å²) in [6, 6.07) is 0. The first-order valence-corrected chi connectivity index (χ1v) is 8.69. The van der Waals surface area contributed by atoms with Gasteiger partial charge in [-0.25, -0.2) is 0 Å². The van der Waals surface area contributed by atoms with Gasteiger partial charge in [-0.3, -0.25) is 9.58 Å². The van der Waals surface area contributed by atoms with Crippen molar-refractivity contribution in [3.8, 4) is 0 Å². The maximum atomic E-state index is 6.58. The number of hydrogen-bond donors (Lipinski definition) is 1. The van der Waals surface area contributed by atoms with E-state index in [-0.39, 0.29) is 5.54 Å². The molecule has 2 heterocycles. The van der Waals surface area contributed by atoms with E-state index in [2.05, 4.69) is 47.7 Å². The molecule has 0 radical (unpaired) electrons. The van der Waals surface area contributed by atoms with Gasteiger partial charge in [-0.15, -0.1) is 0 Å². The summed E-state index contributed by atoms with van der Waals surface area (Å²) in [5.41, 5.74) is 2.46. The van der Waals surface area contributed by atoms with Gasteiger partial charge in [-0.1, -0.05) is 32.4 Å². The van der Waals surface area contributed by atoms with Gasteiger partial charge in [0.15, 0.2) is 0 Å². The van der Waals surface area contributed by atoms with Crippen LogP contribution in [0.15, 0.2) is 0 Å². The van der Waals surface area contributed by atoms with Crippen molar-refractivity contribution in [2.45, 2.75) is 65.6 Å². The maximum absolute atomic E-state index is 6.58. The highest BCUT2D eigenvalue weighted by molar-refractivity contribution is 6.31. The molecule has 21 heavy (non-hydrogen) atoms. The van der Waals surface area contributed by atoms with Gasteiger partial charge in [0.2, 0.25) is 0 Å². The third-order valence-corrected chi connectivity index (χ3v) is 5.47. The average Bonchev–Trinajstić information content (AvgIpc) is 2.84. The second-order valence-electron chi connectivity index (χ2n) is 5.91. The molecule has 0 spiro atoms. The lowest BCUT2D eigenvalue weighted by molar-refractivity contribution is 0.0425. The summed E-state index contributed by atoms with van der Waals surface area (Å²) in [6.45, 7) is 13.8. The van der Waals surface area contributed by atoms with Gasteiger partial charge in [0.1, 0.15) is 0 Å². The predicted octanol–water partition coefficient (Wildman–Crippen LogP) is 3.08. The zero-order valence-corrected chi connectivity index (χ0v) is 14.6. The average molecular weight is 313 g/mol. The minimum Gasteiger partial charge on any atom is -0.314 e. The van der Waals surface area contributed by atoms with Crippen molar-refractivity contribution in [3.05, 3.63) is 16.4 Å². The van der Waals surface area contributed by atoms with E-state index in [1.54, 1.807) is 0 Å². The van der Waals surface area contributed by atoms with Crippen molar-refractivity contribution in [3.63, 3.8) is 0 Å². The molecule has 1 fully saturated rings. The van der Waals surface area contributed by atoms with Crippen molar-refractivity contribution < 1.29 is 0 Å². The van der Waals surface area contributed by atoms with Crippen LogP contribution in [0.1, 0.15) is 51.9 Å². The lowest BCUT2D eigenvalue weighted by atomic mass is 9.88. The number of aromatic nitrogens is 2. The summed E-state index contributed by atoms with van der Waals surface area (Å²) in [5.74, 6) is 0. The van der Waals surface area contributed by atoms with Gasteiger partial charge in [0.25, 0.3) is 0 Å². The van der Waals surface area contributed by atoms with E-state index in [9.17, 15) is 0 Å². The van der Waals surface area contributed by atoms with Crippen LogP contribution in [-0.4, -0.2) is 39.9 Å². The molecule has 0 unspecified atom stereocenters. The Kier molecular flexibility index (Phi) is 5.69. The number of hydrogen-bond acceptors (Lipinski definition) is 3. The zero-order chi connectivity index (χ0) is 15.5. The molecule has 0 saturated carbocycles. The molecular formula is C16H29ClN4. The Morgan fingerprint density at radius 3 is 2.52 bits per heavy atom. The topological polar surface area (TPSA) is 33.1 Å². The first-order chi connectivity index (χ1) is 10.1. The van der Waals surface area contributed by atoms with E-state index >= 15 is 0 Å². The van der Waals surface area contributed by atoms with E-state index in [0.717, 1.165) is 62.7 Å². The van der Waals surface area contributed by atoms with Crippen molar-refractivity contribution >= 4 is 11.6 Å². The highest BCUT2D eigenvalue weighted by Crippen LogP contribution is 2.30. The number of aryl methyl sites for hydroxylation is 2. The smallest absolute Gasteiger partial charge is 0.0863 e. The summed E-state index contributed by atoms with van der Waals surface area (Å²) in [7, 11) is 0. The summed E-state index contributed by atoms with van der Waals surface area (Å²) in [6.07, 6.45) is 3.22. The summed E-state index contributed by atoms with van der Waals surface area (Å²) in [5, 5.41) is 9.08. The maximum Gasteiger partial charge on any atom is 0.0863 e. The number of piperazine rings is 1. The molecule has 1 aromatic rings. The molecular weight excluding hydrogens is 284 g/mol. The Hall–Kier alpha value is -0.580. The first kappa shape index (κ1) is 16.8. The predicted molar refractivity (Wildman–Crippen MR) is 88.9 cm³/mol. The lowest BCUT2D eigenvalue weighted by Gasteiger charge is -2.47. The van der Waals surface area contributed by atoms with Gasteiger partial charge in [0, 0.05) is 38.3 Å². The SMILES string of the molecule is CCc1nn(CC)c(CN2CCNCC2(CC)CC)c1Cl. The van der Waals surface area contributed by atoms with E-state index in [0.29, 0.717) is 0 Å². The molecule has 4 nitrogen and oxygen atoms in total. The largest absolute Gasteiger partial charge is 0.314 e. The molecule has 5 heteroatoms. The van der Waals surface area contributed by atoms with Crippen molar-refractivity contribution in [2.75, 3.05) is 19.6 Å². The molecule has 0 amide bonds. The molecule has 2 rings (SSSR count). The quantitative estimate of drug-likeness (QED) is 0.876. The van der Waals surface area contributed by atoms with Crippen LogP contribution in [0.3, 0.4) is 0 Å². The molecule has 120 valence electrons. The van der Waals surface area contributed by atoms with Gasteiger partial charge >= 0.3 is 0 Å². The summed E-state index contributed by atoms with van der Waals surface area (Å²) >= 11 is 6.58. The molecule has 1 aliphatic heterocycles. The Morgan fingerprint density at radius 2 is 1.95 bits per heavy atom. The number of nitrogens with one attached hydrogen (secondary N) is 1. The van der Waals surface area contributed by atoms with E-state index in [4.69, 9.17) is 11.6 Å². The fraction of sp³-hybridized carbons (Fsp3) is 0.812. The van der Waals surface area contributed by atoms with Crippen LogP contribution in [0.25, 0.3) is 0 Å². The normalized spacial score (nSPS) is 19.1. The Morgan fingerprint density at radius 1 is 1.24 bits per heavy atom. The van der Waals surface area contributed by atoms with E-state index < -0.39 is 0 Å². The minimum absolute atomic E-state index is 0.247. The fourth-order valence-corrected chi connectivity index (χ4v) is 3.76. The monoisotopic (exact) mass is 312 g/mol. The lowest BCUT2D eigenvalue weighted by Crippen LogP contribution is -2.60. The number of rotatable bonds is 6. The number of nitrogens with zero attached hydrogens (tertiary/aromatic N) is 3. The van der Waals surface area contributed by atoms with Gasteiger partial charge < -0.3 is 5.32 Å². The minimum atomic E-state index is 0.247. The Labute approximate surface area is 133 Å². The molecule has 1 aromatic heterocycles. The Balaban J connectivity index is 2.29. The standard InChI is InChI=1S/C16H29ClN4/c1-5-13-15(17)14(21(8-4)19-13)11-20-10-9-18-12-16(20,6-2)7-3/h18H,5-12H2,1-4H3. The number of halogens is 1. The van der Waals surface area contributed by atoms with Gasteiger partial charge in [-0.2, -0.15) is 5.10 Å². The van der Waals surface area contributed by atoms with Gasteiger partial charge in [0.05, 0.1) is 16.4 Å². The van der Waals surface area contributed by atoms with E-state index in [1.165, 1.54) is 5.69 Å². The van der Waals surface area contributed by atoms with Crippen LogP contribution in [-0.2, 0) is 19.5 Å². The first-order valence-electron chi connectivity index (χ1n) is 8.31. The van der Waals surface area contributed by atoms with Crippen LogP contribution >= 0.6 is 11.6 Å². The van der Waals surface area contributed by atoms with Crippen LogP contribution in [0.2, 0.25) is 5.02 Å². The third-order valence-electron chi connectivity index (χ3n) is 5.03. The highest BCUT2D eigenvalue weighted by Gasteiger charge is 2.36. The molecule has 1 N–H and O–H groups in total. The molecule has 0 aromatic carbocycles. The second-order valence-corrected chi connectivity index (χ2v) is 6.28. The molecule has 0 bridgehead atoms. The second kappa shape index (κ2) is 7.12. The molecule has 0 atom stereocenters. The van der Waals surface area contributed by atoms with Crippen molar-refractivity contribution in [1.29, 1.82) is 0 Å². The van der Waals surface area contributed by atoms with Crippen molar-refractivity contribution in [1.82, 2.24) is 20.0 Å². The van der Waals surface area contributed by atoms with Crippen LogP contribution < -0.4 is 5.32 Å². The van der Waals surface area contributed by atoms with Crippen LogP contribution in [0, 0.1) is 0 Å². The third kappa shape index (κ3) is 3.13. The molecule has 0 aliphatic carbocycles. The molecule has 1 aliphatic rings. The van der Waals surface area contributed by atoms with Gasteiger partial charge in [-0.05, 0) is 26.2 Å². The summed E-state index contributed by atoms with van der Waals surface area (Å²) in [4.78, 5) is 2.61. The highest BCUT2D eigenvalue weighted by atomic mass is 35.5. The van der Waals surface area contributed by atoms with Crippen LogP contribution in [0.5, 0.6) is 0 Å². The van der Waals surface area contributed by atoms with Crippen molar-refractivity contribution in [2.24, 2.45) is 0 Å².